The van der Waals surface area contributed by atoms with E-state index in [1.807, 2.05) is 17.0 Å². The van der Waals surface area contributed by atoms with Gasteiger partial charge in [-0.25, -0.2) is 4.79 Å². The molecule has 4 heterocycles. The van der Waals surface area contributed by atoms with Gasteiger partial charge in [0.2, 0.25) is 0 Å². The number of nitrogens with one attached hydrogen (secondary N) is 2. The maximum absolute atomic E-state index is 12.9. The first-order valence-electron chi connectivity index (χ1n) is 9.62. The molecule has 0 saturated carbocycles. The molecular weight excluding hydrogens is 340 g/mol. The van der Waals surface area contributed by atoms with Gasteiger partial charge in [0.15, 0.2) is 0 Å². The quantitative estimate of drug-likeness (QED) is 0.857. The zero-order valence-electron chi connectivity index (χ0n) is 15.3. The normalized spacial score (nSPS) is 26.5. The number of pyridine rings is 1. The van der Waals surface area contributed by atoms with Crippen molar-refractivity contribution in [3.05, 3.63) is 59.4 Å². The number of hydrogen-bond donors (Lipinski definition) is 2. The van der Waals surface area contributed by atoms with Crippen molar-refractivity contribution >= 4 is 11.7 Å². The van der Waals surface area contributed by atoms with Gasteiger partial charge in [0.05, 0.1) is 25.1 Å². The third kappa shape index (κ3) is 2.89. The number of rotatable bonds is 2. The molecule has 2 amide bonds. The predicted molar refractivity (Wildman–Crippen MR) is 103 cm³/mol. The van der Waals surface area contributed by atoms with Crippen LogP contribution in [0.2, 0.25) is 0 Å². The van der Waals surface area contributed by atoms with Gasteiger partial charge >= 0.3 is 6.03 Å². The highest BCUT2D eigenvalue weighted by atomic mass is 16.5. The van der Waals surface area contributed by atoms with Gasteiger partial charge in [-0.2, -0.15) is 0 Å². The van der Waals surface area contributed by atoms with E-state index in [0.717, 1.165) is 37.4 Å². The number of carbonyl (C=O) groups excluding carboxylic acids is 1. The second-order valence-electron chi connectivity index (χ2n) is 7.80. The zero-order chi connectivity index (χ0) is 18.3. The van der Waals surface area contributed by atoms with Gasteiger partial charge in [-0.15, -0.1) is 0 Å². The molecule has 2 aromatic rings. The fourth-order valence-corrected chi connectivity index (χ4v) is 4.69. The summed E-state index contributed by atoms with van der Waals surface area (Å²) < 4.78 is 5.80. The monoisotopic (exact) mass is 364 g/mol. The zero-order valence-corrected chi connectivity index (χ0v) is 15.3. The van der Waals surface area contributed by atoms with Gasteiger partial charge in [-0.1, -0.05) is 30.3 Å². The van der Waals surface area contributed by atoms with Crippen molar-refractivity contribution in [1.82, 2.24) is 15.2 Å². The Hall–Kier alpha value is -2.44. The van der Waals surface area contributed by atoms with Gasteiger partial charge < -0.3 is 20.3 Å². The number of likely N-dealkylation sites (tertiary alicyclic amines) is 1. The van der Waals surface area contributed by atoms with Crippen LogP contribution in [0, 0.1) is 5.92 Å². The first kappa shape index (κ1) is 16.7. The standard InChI is InChI=1S/C21H24N4O2/c26-20(24-18-8-15-9-22-7-6-19(15)23-10-18)25-11-17-12-27-14-21(17,13-25)16-4-2-1-3-5-16/h1-5,8,10,17,22H,6-7,9,11-14H2,(H,24,26)/t17-,21+/m1/s1. The molecule has 2 N–H and O–H groups in total. The van der Waals surface area contributed by atoms with Crippen LogP contribution in [0.1, 0.15) is 16.8 Å². The summed E-state index contributed by atoms with van der Waals surface area (Å²) in [5.74, 6) is 0.344. The summed E-state index contributed by atoms with van der Waals surface area (Å²) in [4.78, 5) is 19.4. The number of amides is 2. The fraction of sp³-hybridized carbons (Fsp3) is 0.429. The molecule has 2 atom stereocenters. The van der Waals surface area contributed by atoms with Crippen LogP contribution < -0.4 is 10.6 Å². The van der Waals surface area contributed by atoms with E-state index in [1.54, 1.807) is 6.20 Å². The van der Waals surface area contributed by atoms with E-state index in [4.69, 9.17) is 4.74 Å². The summed E-state index contributed by atoms with van der Waals surface area (Å²) in [5, 5.41) is 6.40. The fourth-order valence-electron chi connectivity index (χ4n) is 4.69. The molecular formula is C21H24N4O2. The number of hydrogen-bond acceptors (Lipinski definition) is 4. The number of urea groups is 1. The molecule has 5 rings (SSSR count). The largest absolute Gasteiger partial charge is 0.380 e. The van der Waals surface area contributed by atoms with E-state index in [9.17, 15) is 4.79 Å². The Morgan fingerprint density at radius 3 is 3.11 bits per heavy atom. The Bertz CT molecular complexity index is 857. The number of benzene rings is 1. The number of fused-ring (bicyclic) bond motifs is 2. The molecule has 0 radical (unpaired) electrons. The van der Waals surface area contributed by atoms with Crippen LogP contribution in [0.5, 0.6) is 0 Å². The molecule has 27 heavy (non-hydrogen) atoms. The molecule has 140 valence electrons. The number of ether oxygens (including phenoxy) is 1. The Morgan fingerprint density at radius 2 is 2.22 bits per heavy atom. The van der Waals surface area contributed by atoms with E-state index >= 15 is 0 Å². The maximum Gasteiger partial charge on any atom is 0.321 e. The van der Waals surface area contributed by atoms with Crippen molar-refractivity contribution < 1.29 is 9.53 Å². The average Bonchev–Trinajstić information content (AvgIpc) is 3.27. The Morgan fingerprint density at radius 1 is 1.33 bits per heavy atom. The molecule has 2 fully saturated rings. The highest BCUT2D eigenvalue weighted by Gasteiger charge is 2.52. The number of nitrogens with zero attached hydrogens (tertiary/aromatic N) is 2. The summed E-state index contributed by atoms with van der Waals surface area (Å²) >= 11 is 0. The lowest BCUT2D eigenvalue weighted by molar-refractivity contribution is 0.152. The minimum absolute atomic E-state index is 0.0507. The summed E-state index contributed by atoms with van der Waals surface area (Å²) in [6.07, 6.45) is 2.71. The molecule has 3 aliphatic rings. The maximum atomic E-state index is 12.9. The molecule has 1 aromatic carbocycles. The summed E-state index contributed by atoms with van der Waals surface area (Å²) in [6, 6.07) is 12.5. The van der Waals surface area contributed by atoms with Crippen molar-refractivity contribution in [3.63, 3.8) is 0 Å². The second kappa shape index (κ2) is 6.62. The van der Waals surface area contributed by atoms with E-state index in [1.165, 1.54) is 11.1 Å². The topological polar surface area (TPSA) is 66.5 Å². The minimum atomic E-state index is -0.0867. The lowest BCUT2D eigenvalue weighted by Gasteiger charge is -2.27. The first-order chi connectivity index (χ1) is 13.2. The van der Waals surface area contributed by atoms with Crippen LogP contribution in [0.15, 0.2) is 42.6 Å². The van der Waals surface area contributed by atoms with E-state index in [2.05, 4.69) is 39.9 Å². The van der Waals surface area contributed by atoms with Crippen molar-refractivity contribution in [2.24, 2.45) is 5.92 Å². The number of carbonyl (C=O) groups is 1. The Labute approximate surface area is 158 Å². The lowest BCUT2D eigenvalue weighted by Crippen LogP contribution is -2.38. The minimum Gasteiger partial charge on any atom is -0.380 e. The molecule has 0 spiro atoms. The number of aromatic nitrogens is 1. The van der Waals surface area contributed by atoms with Crippen molar-refractivity contribution in [2.45, 2.75) is 18.4 Å². The second-order valence-corrected chi connectivity index (χ2v) is 7.80. The third-order valence-corrected chi connectivity index (χ3v) is 6.18. The molecule has 6 heteroatoms. The smallest absolute Gasteiger partial charge is 0.321 e. The van der Waals surface area contributed by atoms with E-state index in [-0.39, 0.29) is 11.4 Å². The van der Waals surface area contributed by atoms with Crippen molar-refractivity contribution in [2.75, 3.05) is 38.2 Å². The van der Waals surface area contributed by atoms with Gasteiger partial charge in [-0.3, -0.25) is 4.98 Å². The molecule has 1 aromatic heterocycles. The van der Waals surface area contributed by atoms with Crippen LogP contribution in [0.4, 0.5) is 10.5 Å². The van der Waals surface area contributed by atoms with Crippen LogP contribution >= 0.6 is 0 Å². The SMILES string of the molecule is O=C(Nc1cnc2c(c1)CNCC2)N1C[C@@H]2COC[C@]2(c2ccccc2)C1. The Kier molecular flexibility index (Phi) is 4.10. The summed E-state index contributed by atoms with van der Waals surface area (Å²) in [6.45, 7) is 4.58. The summed E-state index contributed by atoms with van der Waals surface area (Å²) in [5.41, 5.74) is 4.25. The first-order valence-corrected chi connectivity index (χ1v) is 9.62. The highest BCUT2D eigenvalue weighted by molar-refractivity contribution is 5.89. The Balaban J connectivity index is 1.33. The van der Waals surface area contributed by atoms with Gasteiger partial charge in [0.1, 0.15) is 0 Å². The molecule has 3 aliphatic heterocycles. The van der Waals surface area contributed by atoms with Crippen molar-refractivity contribution in [1.29, 1.82) is 0 Å². The van der Waals surface area contributed by atoms with Crippen LogP contribution in [0.3, 0.4) is 0 Å². The van der Waals surface area contributed by atoms with Crippen LogP contribution in [-0.2, 0) is 23.1 Å². The molecule has 0 unspecified atom stereocenters. The van der Waals surface area contributed by atoms with Gasteiger partial charge in [0, 0.05) is 49.6 Å². The molecule has 0 aliphatic carbocycles. The van der Waals surface area contributed by atoms with E-state index in [0.29, 0.717) is 25.7 Å². The molecule has 0 bridgehead atoms. The predicted octanol–water partition coefficient (Wildman–Crippen LogP) is 2.16. The lowest BCUT2D eigenvalue weighted by atomic mass is 9.75. The van der Waals surface area contributed by atoms with Crippen molar-refractivity contribution in [3.8, 4) is 0 Å². The average molecular weight is 364 g/mol. The van der Waals surface area contributed by atoms with Gasteiger partial charge in [0.25, 0.3) is 0 Å². The van der Waals surface area contributed by atoms with Gasteiger partial charge in [-0.05, 0) is 17.2 Å². The number of anilines is 1. The van der Waals surface area contributed by atoms with E-state index < -0.39 is 0 Å². The third-order valence-electron chi connectivity index (χ3n) is 6.18. The van der Waals surface area contributed by atoms with Crippen LogP contribution in [0.25, 0.3) is 0 Å². The highest BCUT2D eigenvalue weighted by Crippen LogP contribution is 2.43. The summed E-state index contributed by atoms with van der Waals surface area (Å²) in [7, 11) is 0. The molecule has 6 nitrogen and oxygen atoms in total. The molecule has 2 saturated heterocycles. The van der Waals surface area contributed by atoms with Crippen LogP contribution in [-0.4, -0.2) is 48.8 Å².